The zero-order chi connectivity index (χ0) is 15.0. The highest BCUT2D eigenvalue weighted by atomic mass is 35.5. The van der Waals surface area contributed by atoms with Gasteiger partial charge < -0.3 is 15.8 Å². The van der Waals surface area contributed by atoms with Crippen LogP contribution in [0.4, 0.5) is 4.39 Å². The normalized spacial score (nSPS) is 29.0. The van der Waals surface area contributed by atoms with Gasteiger partial charge in [-0.15, -0.1) is 12.4 Å². The van der Waals surface area contributed by atoms with E-state index in [4.69, 9.17) is 10.5 Å². The summed E-state index contributed by atoms with van der Waals surface area (Å²) < 4.78 is 18.5. The highest BCUT2D eigenvalue weighted by molar-refractivity contribution is 5.85. The van der Waals surface area contributed by atoms with E-state index in [0.717, 1.165) is 24.8 Å². The van der Waals surface area contributed by atoms with Gasteiger partial charge in [-0.1, -0.05) is 6.07 Å². The fraction of sp³-hybridized carbons (Fsp3) is 0.562. The van der Waals surface area contributed by atoms with Crippen molar-refractivity contribution in [3.05, 3.63) is 29.6 Å². The lowest BCUT2D eigenvalue weighted by Crippen LogP contribution is -2.45. The molecule has 1 amide bonds. The van der Waals surface area contributed by atoms with Gasteiger partial charge in [0.15, 0.2) is 11.6 Å². The Labute approximate surface area is 136 Å². The Morgan fingerprint density at radius 3 is 2.73 bits per heavy atom. The molecule has 1 aromatic carbocycles. The van der Waals surface area contributed by atoms with E-state index < -0.39 is 5.82 Å². The minimum atomic E-state index is -0.416. The van der Waals surface area contributed by atoms with Crippen molar-refractivity contribution in [3.8, 4) is 5.75 Å². The first-order chi connectivity index (χ1) is 10.1. The van der Waals surface area contributed by atoms with Crippen molar-refractivity contribution < 1.29 is 13.9 Å². The second kappa shape index (κ2) is 6.84. The van der Waals surface area contributed by atoms with Gasteiger partial charge >= 0.3 is 0 Å². The number of hydrogen-bond acceptors (Lipinski definition) is 3. The molecule has 4 atom stereocenters. The Hall–Kier alpha value is -1.33. The van der Waals surface area contributed by atoms with E-state index in [1.54, 1.807) is 12.1 Å². The van der Waals surface area contributed by atoms with Crippen LogP contribution in [0.2, 0.25) is 0 Å². The van der Waals surface area contributed by atoms with E-state index in [9.17, 15) is 9.18 Å². The van der Waals surface area contributed by atoms with Crippen LogP contribution in [0.1, 0.15) is 24.8 Å². The van der Waals surface area contributed by atoms with Crippen molar-refractivity contribution >= 4 is 18.3 Å². The lowest BCUT2D eigenvalue weighted by atomic mass is 9.84. The first-order valence-electron chi connectivity index (χ1n) is 7.46. The lowest BCUT2D eigenvalue weighted by molar-refractivity contribution is -0.127. The molecular weight excluding hydrogens is 307 g/mol. The molecule has 4 nitrogen and oxygen atoms in total. The molecule has 0 spiro atoms. The first kappa shape index (κ1) is 17.0. The highest BCUT2D eigenvalue weighted by Crippen LogP contribution is 2.47. The van der Waals surface area contributed by atoms with E-state index >= 15 is 0 Å². The van der Waals surface area contributed by atoms with Crippen LogP contribution < -0.4 is 15.8 Å². The number of halogens is 2. The van der Waals surface area contributed by atoms with Gasteiger partial charge in [-0.3, -0.25) is 4.79 Å². The predicted octanol–water partition coefficient (Wildman–Crippen LogP) is 2.25. The van der Waals surface area contributed by atoms with E-state index in [1.807, 2.05) is 0 Å². The van der Waals surface area contributed by atoms with Crippen molar-refractivity contribution in [2.24, 2.45) is 23.5 Å². The summed E-state index contributed by atoms with van der Waals surface area (Å²) in [5.74, 6) is 0.653. The van der Waals surface area contributed by atoms with Crippen molar-refractivity contribution in [2.45, 2.75) is 31.8 Å². The third-order valence-electron chi connectivity index (χ3n) is 4.97. The van der Waals surface area contributed by atoms with Gasteiger partial charge in [-0.05, 0) is 48.8 Å². The van der Waals surface area contributed by atoms with Crippen molar-refractivity contribution in [2.75, 3.05) is 7.11 Å². The van der Waals surface area contributed by atoms with Gasteiger partial charge in [-0.25, -0.2) is 4.39 Å². The Morgan fingerprint density at radius 2 is 2.14 bits per heavy atom. The molecule has 2 fully saturated rings. The van der Waals surface area contributed by atoms with Crippen LogP contribution in [0.3, 0.4) is 0 Å². The quantitative estimate of drug-likeness (QED) is 0.891. The minimum Gasteiger partial charge on any atom is -0.494 e. The van der Waals surface area contributed by atoms with Crippen LogP contribution in [0.25, 0.3) is 0 Å². The Bertz CT molecular complexity index is 553. The smallest absolute Gasteiger partial charge is 0.225 e. The number of ether oxygens (including phenoxy) is 1. The number of fused-ring (bicyclic) bond motifs is 2. The van der Waals surface area contributed by atoms with Crippen LogP contribution in [0.5, 0.6) is 5.75 Å². The second-order valence-electron chi connectivity index (χ2n) is 6.12. The predicted molar refractivity (Wildman–Crippen MR) is 84.3 cm³/mol. The number of rotatable bonds is 4. The average molecular weight is 329 g/mol. The summed E-state index contributed by atoms with van der Waals surface area (Å²) in [5, 5.41) is 2.89. The van der Waals surface area contributed by atoms with Crippen LogP contribution in [-0.4, -0.2) is 19.1 Å². The minimum absolute atomic E-state index is 0. The summed E-state index contributed by atoms with van der Waals surface area (Å²) in [5.41, 5.74) is 6.88. The van der Waals surface area contributed by atoms with Gasteiger partial charge in [0.2, 0.25) is 5.91 Å². The lowest BCUT2D eigenvalue weighted by Gasteiger charge is -2.27. The SMILES string of the molecule is COc1ccc(CNC(=O)C2C3CCC(C3)C2N)cc1F.Cl. The van der Waals surface area contributed by atoms with E-state index in [-0.39, 0.29) is 36.0 Å². The van der Waals surface area contributed by atoms with Crippen molar-refractivity contribution in [1.29, 1.82) is 0 Å². The fourth-order valence-corrected chi connectivity index (χ4v) is 3.85. The van der Waals surface area contributed by atoms with Gasteiger partial charge in [0.05, 0.1) is 13.0 Å². The van der Waals surface area contributed by atoms with Gasteiger partial charge in [0, 0.05) is 12.6 Å². The summed E-state index contributed by atoms with van der Waals surface area (Å²) in [6, 6.07) is 4.69. The number of amides is 1. The molecule has 2 bridgehead atoms. The molecular formula is C16H22ClFN2O2. The molecule has 1 aromatic rings. The molecule has 2 aliphatic rings. The first-order valence-corrected chi connectivity index (χ1v) is 7.46. The second-order valence-corrected chi connectivity index (χ2v) is 6.12. The number of nitrogens with one attached hydrogen (secondary N) is 1. The van der Waals surface area contributed by atoms with Gasteiger partial charge in [-0.2, -0.15) is 0 Å². The van der Waals surface area contributed by atoms with Crippen molar-refractivity contribution in [3.63, 3.8) is 0 Å². The Balaban J connectivity index is 0.00000176. The van der Waals surface area contributed by atoms with E-state index in [1.165, 1.54) is 13.2 Å². The average Bonchev–Trinajstić information content (AvgIpc) is 3.06. The Morgan fingerprint density at radius 1 is 1.41 bits per heavy atom. The van der Waals surface area contributed by atoms with Crippen molar-refractivity contribution in [1.82, 2.24) is 5.32 Å². The van der Waals surface area contributed by atoms with Gasteiger partial charge in [0.1, 0.15) is 0 Å². The molecule has 122 valence electrons. The standard InChI is InChI=1S/C16H21FN2O2.ClH/c1-21-13-5-2-9(6-12(13)17)8-19-16(20)14-10-3-4-11(7-10)15(14)18;/h2,5-6,10-11,14-15H,3-4,7-8,18H2,1H3,(H,19,20);1H. The van der Waals surface area contributed by atoms with Crippen LogP contribution >= 0.6 is 12.4 Å². The summed E-state index contributed by atoms with van der Waals surface area (Å²) in [7, 11) is 1.43. The molecule has 3 N–H and O–H groups in total. The monoisotopic (exact) mass is 328 g/mol. The molecule has 0 aromatic heterocycles. The summed E-state index contributed by atoms with van der Waals surface area (Å²) in [6.45, 7) is 0.320. The molecule has 6 heteroatoms. The molecule has 4 unspecified atom stereocenters. The molecule has 22 heavy (non-hydrogen) atoms. The van der Waals surface area contributed by atoms with E-state index in [0.29, 0.717) is 18.4 Å². The molecule has 2 aliphatic carbocycles. The van der Waals surface area contributed by atoms with Gasteiger partial charge in [0.25, 0.3) is 0 Å². The van der Waals surface area contributed by atoms with Crippen LogP contribution in [0.15, 0.2) is 18.2 Å². The maximum absolute atomic E-state index is 13.6. The van der Waals surface area contributed by atoms with Crippen LogP contribution in [-0.2, 0) is 11.3 Å². The maximum atomic E-state index is 13.6. The third kappa shape index (κ3) is 3.06. The topological polar surface area (TPSA) is 64.3 Å². The number of hydrogen-bond donors (Lipinski definition) is 2. The number of methoxy groups -OCH3 is 1. The summed E-state index contributed by atoms with van der Waals surface area (Å²) >= 11 is 0. The number of nitrogens with two attached hydrogens (primary N) is 1. The molecule has 3 rings (SSSR count). The highest BCUT2D eigenvalue weighted by Gasteiger charge is 2.48. The molecule has 0 aliphatic heterocycles. The van der Waals surface area contributed by atoms with E-state index in [2.05, 4.69) is 5.32 Å². The zero-order valence-corrected chi connectivity index (χ0v) is 13.4. The maximum Gasteiger partial charge on any atom is 0.225 e. The molecule has 2 saturated carbocycles. The number of carbonyl (C=O) groups excluding carboxylic acids is 1. The zero-order valence-electron chi connectivity index (χ0n) is 12.5. The Kier molecular flexibility index (Phi) is 5.29. The summed E-state index contributed by atoms with van der Waals surface area (Å²) in [6.07, 6.45) is 3.34. The third-order valence-corrected chi connectivity index (χ3v) is 4.97. The number of benzene rings is 1. The van der Waals surface area contributed by atoms with Crippen LogP contribution in [0, 0.1) is 23.6 Å². The number of carbonyl (C=O) groups is 1. The summed E-state index contributed by atoms with van der Waals surface area (Å²) in [4.78, 5) is 12.3. The molecule has 0 saturated heterocycles. The molecule has 0 radical (unpaired) electrons. The fourth-order valence-electron chi connectivity index (χ4n) is 3.85. The molecule has 0 heterocycles. The largest absolute Gasteiger partial charge is 0.494 e.